The number of carbonyl (C=O) groups is 1. The highest BCUT2D eigenvalue weighted by molar-refractivity contribution is 6.30. The molecular formula is C16H14ClFN2O. The highest BCUT2D eigenvalue weighted by atomic mass is 35.5. The van der Waals surface area contributed by atoms with Crippen LogP contribution in [-0.2, 0) is 4.79 Å². The molecule has 21 heavy (non-hydrogen) atoms. The van der Waals surface area contributed by atoms with Gasteiger partial charge in [-0.1, -0.05) is 29.8 Å². The number of amides is 1. The predicted octanol–water partition coefficient (Wildman–Crippen LogP) is 4.02. The van der Waals surface area contributed by atoms with E-state index in [-0.39, 0.29) is 17.5 Å². The van der Waals surface area contributed by atoms with Crippen LogP contribution in [0.3, 0.4) is 0 Å². The highest BCUT2D eigenvalue weighted by Crippen LogP contribution is 2.33. The second kappa shape index (κ2) is 5.74. The molecule has 1 amide bonds. The van der Waals surface area contributed by atoms with Crippen LogP contribution in [0.25, 0.3) is 0 Å². The van der Waals surface area contributed by atoms with Crippen LogP contribution >= 0.6 is 11.6 Å². The Hall–Kier alpha value is -2.07. The standard InChI is InChI=1S/C16H14ClFN2O/c17-11-5-6-15(13(18)8-11)20-16(21)7-10-9-19-14-4-2-1-3-12(10)14/h1-6,8,10,19H,7,9H2,(H,20,21). The van der Waals surface area contributed by atoms with Gasteiger partial charge in [0.25, 0.3) is 0 Å². The van der Waals surface area contributed by atoms with Crippen molar-refractivity contribution in [2.24, 2.45) is 0 Å². The molecule has 108 valence electrons. The summed E-state index contributed by atoms with van der Waals surface area (Å²) in [5, 5.41) is 6.17. The SMILES string of the molecule is O=C(CC1CNc2ccccc21)Nc1ccc(Cl)cc1F. The second-order valence-electron chi connectivity index (χ2n) is 5.04. The molecule has 0 aliphatic carbocycles. The maximum Gasteiger partial charge on any atom is 0.225 e. The molecule has 2 aromatic carbocycles. The number of anilines is 2. The number of para-hydroxylation sites is 1. The molecule has 5 heteroatoms. The van der Waals surface area contributed by atoms with E-state index in [0.717, 1.165) is 17.8 Å². The number of nitrogens with one attached hydrogen (secondary N) is 2. The molecule has 0 saturated carbocycles. The van der Waals surface area contributed by atoms with Gasteiger partial charge in [-0.2, -0.15) is 0 Å². The van der Waals surface area contributed by atoms with Gasteiger partial charge in [0.15, 0.2) is 0 Å². The molecule has 0 radical (unpaired) electrons. The first-order chi connectivity index (χ1) is 10.1. The van der Waals surface area contributed by atoms with E-state index in [2.05, 4.69) is 10.6 Å². The van der Waals surface area contributed by atoms with Crippen molar-refractivity contribution in [3.8, 4) is 0 Å². The van der Waals surface area contributed by atoms with Gasteiger partial charge < -0.3 is 10.6 Å². The molecule has 0 spiro atoms. The molecule has 0 fully saturated rings. The Bertz CT molecular complexity index is 690. The molecule has 0 aromatic heterocycles. The third-order valence-corrected chi connectivity index (χ3v) is 3.81. The van der Waals surface area contributed by atoms with Crippen molar-refractivity contribution in [1.29, 1.82) is 0 Å². The van der Waals surface area contributed by atoms with E-state index in [1.54, 1.807) is 6.07 Å². The molecule has 1 atom stereocenters. The quantitative estimate of drug-likeness (QED) is 0.899. The zero-order chi connectivity index (χ0) is 14.8. The maximum absolute atomic E-state index is 13.7. The van der Waals surface area contributed by atoms with Crippen LogP contribution < -0.4 is 10.6 Å². The molecule has 1 aliphatic heterocycles. The lowest BCUT2D eigenvalue weighted by Crippen LogP contribution is -2.17. The number of carbonyl (C=O) groups excluding carboxylic acids is 1. The molecule has 1 aliphatic rings. The predicted molar refractivity (Wildman–Crippen MR) is 82.3 cm³/mol. The molecule has 2 aromatic rings. The van der Waals surface area contributed by atoms with Gasteiger partial charge in [0.05, 0.1) is 5.69 Å². The van der Waals surface area contributed by atoms with E-state index in [1.165, 1.54) is 12.1 Å². The fourth-order valence-electron chi connectivity index (χ4n) is 2.56. The van der Waals surface area contributed by atoms with Gasteiger partial charge in [0, 0.05) is 29.6 Å². The Labute approximate surface area is 127 Å². The summed E-state index contributed by atoms with van der Waals surface area (Å²) in [5.74, 6) is -0.628. The topological polar surface area (TPSA) is 41.1 Å². The molecule has 1 heterocycles. The zero-order valence-corrected chi connectivity index (χ0v) is 12.0. The van der Waals surface area contributed by atoms with E-state index in [1.807, 2.05) is 24.3 Å². The fraction of sp³-hybridized carbons (Fsp3) is 0.188. The summed E-state index contributed by atoms with van der Waals surface area (Å²) in [4.78, 5) is 12.1. The van der Waals surface area contributed by atoms with E-state index in [0.29, 0.717) is 11.4 Å². The van der Waals surface area contributed by atoms with Crippen molar-refractivity contribution in [1.82, 2.24) is 0 Å². The van der Waals surface area contributed by atoms with Crippen molar-refractivity contribution < 1.29 is 9.18 Å². The van der Waals surface area contributed by atoms with Crippen molar-refractivity contribution in [3.63, 3.8) is 0 Å². The van der Waals surface area contributed by atoms with Crippen LogP contribution in [0.4, 0.5) is 15.8 Å². The van der Waals surface area contributed by atoms with E-state index >= 15 is 0 Å². The Balaban J connectivity index is 1.68. The Morgan fingerprint density at radius 2 is 2.14 bits per heavy atom. The number of hydrogen-bond acceptors (Lipinski definition) is 2. The Morgan fingerprint density at radius 3 is 2.95 bits per heavy atom. The average Bonchev–Trinajstić information content (AvgIpc) is 2.85. The number of halogens is 2. The van der Waals surface area contributed by atoms with E-state index in [9.17, 15) is 9.18 Å². The molecular weight excluding hydrogens is 291 g/mol. The summed E-state index contributed by atoms with van der Waals surface area (Å²) in [7, 11) is 0. The lowest BCUT2D eigenvalue weighted by molar-refractivity contribution is -0.116. The van der Waals surface area contributed by atoms with Crippen molar-refractivity contribution in [3.05, 3.63) is 58.9 Å². The van der Waals surface area contributed by atoms with Crippen molar-refractivity contribution in [2.45, 2.75) is 12.3 Å². The van der Waals surface area contributed by atoms with Gasteiger partial charge in [-0.15, -0.1) is 0 Å². The summed E-state index contributed by atoms with van der Waals surface area (Å²) in [5.41, 5.74) is 2.35. The summed E-state index contributed by atoms with van der Waals surface area (Å²) in [6.45, 7) is 0.718. The minimum Gasteiger partial charge on any atom is -0.384 e. The summed E-state index contributed by atoms with van der Waals surface area (Å²) >= 11 is 5.69. The number of benzene rings is 2. The van der Waals surface area contributed by atoms with Gasteiger partial charge >= 0.3 is 0 Å². The zero-order valence-electron chi connectivity index (χ0n) is 11.2. The number of hydrogen-bond donors (Lipinski definition) is 2. The minimum atomic E-state index is -0.527. The smallest absolute Gasteiger partial charge is 0.225 e. The van der Waals surface area contributed by atoms with Crippen molar-refractivity contribution in [2.75, 3.05) is 17.2 Å². The van der Waals surface area contributed by atoms with Gasteiger partial charge in [-0.3, -0.25) is 4.79 Å². The minimum absolute atomic E-state index is 0.108. The number of rotatable bonds is 3. The molecule has 0 bridgehead atoms. The lowest BCUT2D eigenvalue weighted by atomic mass is 9.97. The molecule has 1 unspecified atom stereocenters. The normalized spacial score (nSPS) is 16.2. The summed E-state index contributed by atoms with van der Waals surface area (Å²) in [6.07, 6.45) is 0.312. The van der Waals surface area contributed by atoms with Crippen molar-refractivity contribution >= 4 is 28.9 Å². The Morgan fingerprint density at radius 1 is 1.33 bits per heavy atom. The first-order valence-electron chi connectivity index (χ1n) is 6.71. The first kappa shape index (κ1) is 13.9. The molecule has 3 nitrogen and oxygen atoms in total. The monoisotopic (exact) mass is 304 g/mol. The molecule has 2 N–H and O–H groups in total. The fourth-order valence-corrected chi connectivity index (χ4v) is 2.71. The van der Waals surface area contributed by atoms with Crippen LogP contribution in [-0.4, -0.2) is 12.5 Å². The van der Waals surface area contributed by atoms with Gasteiger partial charge in [0.2, 0.25) is 5.91 Å². The lowest BCUT2D eigenvalue weighted by Gasteiger charge is -2.11. The third kappa shape index (κ3) is 3.00. The summed E-state index contributed by atoms with van der Waals surface area (Å²) < 4.78 is 13.7. The van der Waals surface area contributed by atoms with Gasteiger partial charge in [0.1, 0.15) is 5.82 Å². The van der Waals surface area contributed by atoms with Crippen LogP contribution in [0, 0.1) is 5.82 Å². The van der Waals surface area contributed by atoms with Crippen LogP contribution in [0.1, 0.15) is 17.9 Å². The summed E-state index contributed by atoms with van der Waals surface area (Å²) in [6, 6.07) is 12.1. The van der Waals surface area contributed by atoms with Gasteiger partial charge in [-0.05, 0) is 29.8 Å². The highest BCUT2D eigenvalue weighted by Gasteiger charge is 2.24. The van der Waals surface area contributed by atoms with Crippen LogP contribution in [0.2, 0.25) is 5.02 Å². The Kier molecular flexibility index (Phi) is 3.80. The van der Waals surface area contributed by atoms with Crippen LogP contribution in [0.5, 0.6) is 0 Å². The largest absolute Gasteiger partial charge is 0.384 e. The molecule has 0 saturated heterocycles. The second-order valence-corrected chi connectivity index (χ2v) is 5.48. The number of fused-ring (bicyclic) bond motifs is 1. The van der Waals surface area contributed by atoms with E-state index in [4.69, 9.17) is 11.6 Å². The van der Waals surface area contributed by atoms with Gasteiger partial charge in [-0.25, -0.2) is 4.39 Å². The first-order valence-corrected chi connectivity index (χ1v) is 7.09. The third-order valence-electron chi connectivity index (χ3n) is 3.58. The molecule has 3 rings (SSSR count). The average molecular weight is 305 g/mol. The van der Waals surface area contributed by atoms with Crippen LogP contribution in [0.15, 0.2) is 42.5 Å². The van der Waals surface area contributed by atoms with E-state index < -0.39 is 5.82 Å². The maximum atomic E-state index is 13.7.